The summed E-state index contributed by atoms with van der Waals surface area (Å²) in [6, 6.07) is 10.5. The molecule has 87 heavy (non-hydrogen) atoms. The van der Waals surface area contributed by atoms with Gasteiger partial charge in [0.15, 0.2) is 17.2 Å². The SMILES string of the molecule is COc1cc(S(=O)(=O)O)c(N=Nc2c(C)nn(-c3ccc(S(=O)(=O)O)cc3)c2O)cc1N=Nc1c(S(=O)(=O)O)cc2c(S(=O)(=O)O)c(N=Nc3cc(S(=O)(=O)O)c4cc(S(=O)(=O)O)c(N=Nc5ccc(N)cc5S(=O)(=O)O)c(O)c4c3N)ccc2c1O. The number of aryl methyl sites for hydroxylation is 1. The van der Waals surface area contributed by atoms with Crippen LogP contribution in [0, 0.1) is 6.92 Å². The highest BCUT2D eigenvalue weighted by molar-refractivity contribution is 7.87. The first-order chi connectivity index (χ1) is 40.0. The minimum absolute atomic E-state index is 0.0191. The molecule has 458 valence electrons. The zero-order valence-corrected chi connectivity index (χ0v) is 48.4. The maximum atomic E-state index is 13.2. The molecular weight excluding hydrogens is 1310 g/mol. The minimum atomic E-state index is -5.76. The third-order valence-electron chi connectivity index (χ3n) is 11.8. The van der Waals surface area contributed by atoms with Crippen LogP contribution in [0.15, 0.2) is 160 Å². The number of azo groups is 4. The Morgan fingerprint density at radius 2 is 0.920 bits per heavy atom. The lowest BCUT2D eigenvalue weighted by atomic mass is 10.0. The fourth-order valence-corrected chi connectivity index (χ4v) is 12.6. The van der Waals surface area contributed by atoms with Gasteiger partial charge in [0.05, 0.1) is 34.5 Å². The second kappa shape index (κ2) is 22.3. The highest BCUT2D eigenvalue weighted by Crippen LogP contribution is 2.51. The third kappa shape index (κ3) is 12.9. The number of phenols is 2. The summed E-state index contributed by atoms with van der Waals surface area (Å²) in [7, 11) is -36.8. The van der Waals surface area contributed by atoms with Gasteiger partial charge >= 0.3 is 0 Å². The minimum Gasteiger partial charge on any atom is -0.505 e. The molecule has 0 radical (unpaired) electrons. The Hall–Kier alpha value is -9.16. The smallest absolute Gasteiger partial charge is 0.297 e. The molecule has 0 aliphatic carbocycles. The Balaban J connectivity index is 1.26. The number of nitrogens with two attached hydrogens (primary N) is 2. The topological polar surface area (TPSA) is 619 Å². The fourth-order valence-electron chi connectivity index (χ4n) is 7.99. The van der Waals surface area contributed by atoms with Crippen LogP contribution in [0.1, 0.15) is 5.69 Å². The van der Waals surface area contributed by atoms with Gasteiger partial charge < -0.3 is 31.5 Å². The van der Waals surface area contributed by atoms with Crippen molar-refractivity contribution in [2.75, 3.05) is 18.6 Å². The van der Waals surface area contributed by atoms with Crippen molar-refractivity contribution in [3.8, 4) is 28.8 Å². The van der Waals surface area contributed by atoms with E-state index in [4.69, 9.17) is 16.2 Å². The molecule has 0 bridgehead atoms. The van der Waals surface area contributed by atoms with Gasteiger partial charge in [0, 0.05) is 27.9 Å². The Bertz CT molecular complexity index is 5300. The van der Waals surface area contributed by atoms with Gasteiger partial charge in [-0.2, -0.15) is 68.7 Å². The lowest BCUT2D eigenvalue weighted by Crippen LogP contribution is -2.04. The van der Waals surface area contributed by atoms with Crippen molar-refractivity contribution >= 4 is 149 Å². The van der Waals surface area contributed by atoms with E-state index in [9.17, 15) is 106 Å². The number of methoxy groups -OCH3 is 1. The lowest BCUT2D eigenvalue weighted by molar-refractivity contribution is 0.413. The molecule has 37 nitrogen and oxygen atoms in total. The van der Waals surface area contributed by atoms with Crippen molar-refractivity contribution in [2.45, 2.75) is 41.2 Å². The number of hydrogen-bond acceptors (Lipinski definition) is 29. The lowest BCUT2D eigenvalue weighted by Gasteiger charge is -2.15. The quantitative estimate of drug-likeness (QED) is 0.0244. The normalized spacial score (nSPS) is 13.3. The fraction of sp³-hybridized carbons (Fsp3) is 0.0465. The van der Waals surface area contributed by atoms with Crippen LogP contribution in [0.4, 0.5) is 56.9 Å². The highest BCUT2D eigenvalue weighted by atomic mass is 32.2. The van der Waals surface area contributed by atoms with Gasteiger partial charge in [-0.15, -0.1) is 40.9 Å². The molecule has 0 aliphatic heterocycles. The Morgan fingerprint density at radius 1 is 0.437 bits per heavy atom. The van der Waals surface area contributed by atoms with Crippen LogP contribution in [-0.2, 0) is 70.8 Å². The van der Waals surface area contributed by atoms with Gasteiger partial charge in [-0.25, -0.2) is 0 Å². The van der Waals surface area contributed by atoms with Crippen LogP contribution in [0.3, 0.4) is 0 Å². The molecule has 14 N–H and O–H groups in total. The molecule has 0 spiro atoms. The summed E-state index contributed by atoms with van der Waals surface area (Å²) >= 11 is 0. The van der Waals surface area contributed by atoms with Gasteiger partial charge in [-0.05, 0) is 85.8 Å². The van der Waals surface area contributed by atoms with Gasteiger partial charge in [0.2, 0.25) is 5.88 Å². The largest absolute Gasteiger partial charge is 0.505 e. The van der Waals surface area contributed by atoms with Crippen LogP contribution in [0.2, 0.25) is 0 Å². The molecule has 0 saturated heterocycles. The monoisotopic (exact) mass is 1340 g/mol. The van der Waals surface area contributed by atoms with E-state index in [-0.39, 0.29) is 17.1 Å². The molecule has 0 saturated carbocycles. The van der Waals surface area contributed by atoms with E-state index < -0.39 is 201 Å². The Kier molecular flexibility index (Phi) is 16.4. The zero-order valence-electron chi connectivity index (χ0n) is 42.7. The first-order valence-corrected chi connectivity index (χ1v) is 32.5. The molecule has 44 heteroatoms. The van der Waals surface area contributed by atoms with Gasteiger partial charge in [0.1, 0.15) is 74.9 Å². The summed E-state index contributed by atoms with van der Waals surface area (Å²) in [6.07, 6.45) is 0. The number of nitrogens with zero attached hydrogens (tertiary/aromatic N) is 10. The number of nitrogen functional groups attached to an aromatic ring is 2. The molecule has 1 aromatic heterocycles. The van der Waals surface area contributed by atoms with Crippen LogP contribution in [0.25, 0.3) is 27.2 Å². The average molecular weight is 1340 g/mol. The highest BCUT2D eigenvalue weighted by Gasteiger charge is 2.32. The van der Waals surface area contributed by atoms with Crippen LogP contribution in [-0.4, -0.2) is 123 Å². The van der Waals surface area contributed by atoms with Crippen molar-refractivity contribution in [1.82, 2.24) is 9.78 Å². The van der Waals surface area contributed by atoms with Crippen LogP contribution in [0.5, 0.6) is 23.1 Å². The maximum absolute atomic E-state index is 13.2. The number of aromatic nitrogens is 2. The summed E-state index contributed by atoms with van der Waals surface area (Å²) < 4.78 is 252. The van der Waals surface area contributed by atoms with Gasteiger partial charge in [0.25, 0.3) is 70.8 Å². The van der Waals surface area contributed by atoms with Crippen molar-refractivity contribution in [3.05, 3.63) is 90.6 Å². The number of anilines is 2. The van der Waals surface area contributed by atoms with Crippen molar-refractivity contribution in [2.24, 2.45) is 40.9 Å². The predicted octanol–water partition coefficient (Wildman–Crippen LogP) is 7.17. The van der Waals surface area contributed by atoms with E-state index in [1.165, 1.54) is 6.92 Å². The molecule has 0 atom stereocenters. The number of rotatable bonds is 17. The number of aromatic hydroxyl groups is 3. The summed E-state index contributed by atoms with van der Waals surface area (Å²) in [5, 5.41) is 63.8. The number of benzene rings is 7. The molecule has 0 aliphatic rings. The van der Waals surface area contributed by atoms with Crippen molar-refractivity contribution in [1.29, 1.82) is 0 Å². The number of hydrogen-bond donors (Lipinski definition) is 12. The molecule has 0 unspecified atom stereocenters. The molecule has 0 fully saturated rings. The summed E-state index contributed by atoms with van der Waals surface area (Å²) in [4.78, 5) is -8.32. The van der Waals surface area contributed by atoms with E-state index in [1.807, 2.05) is 0 Å². The van der Waals surface area contributed by atoms with E-state index in [1.54, 1.807) is 0 Å². The Morgan fingerprint density at radius 3 is 1.46 bits per heavy atom. The summed E-state index contributed by atoms with van der Waals surface area (Å²) in [6.45, 7) is 1.30. The van der Waals surface area contributed by atoms with Crippen molar-refractivity contribution < 1.29 is 111 Å². The van der Waals surface area contributed by atoms with Gasteiger partial charge in [-0.3, -0.25) is 31.9 Å². The standard InChI is InChI=1S/C43H34N12O25S7/c1-17-37(43(58)55(54-17)19-4-6-20(7-5-19)81(59,60)61)51-49-27-14-26(29(80-2)16-32(27)84(68,69)70)48-52-38-33(85(71,72)73)12-22-21(40(38)56)8-10-25(42(22)87(77,78)79)47-50-28-15-30(82(62,63)64)23-13-34(86(74,75)76)39(41(57)35(23)36(28)45)53-46-24-9-3-18(44)11-31(24)83(65,66)67/h3-16,56-58H,44-45H2,1-2H3,(H,59,60,61)(H,62,63,64)(H,65,66,67)(H,68,69,70)(H,71,72,73)(H,74,75,76)(H,77,78,79). The maximum Gasteiger partial charge on any atom is 0.297 e. The summed E-state index contributed by atoms with van der Waals surface area (Å²) in [5.41, 5.74) is 3.41. The average Bonchev–Trinajstić information content (AvgIpc) is 1.32. The molecule has 8 aromatic rings. The van der Waals surface area contributed by atoms with Gasteiger partial charge in [-0.1, -0.05) is 0 Å². The van der Waals surface area contributed by atoms with E-state index in [0.29, 0.717) is 42.5 Å². The number of phenolic OH excluding ortho intramolecular Hbond substituents is 2. The second-order valence-corrected chi connectivity index (χ2v) is 27.1. The third-order valence-corrected chi connectivity index (χ3v) is 18.0. The number of ether oxygens (including phenoxy) is 1. The predicted molar refractivity (Wildman–Crippen MR) is 295 cm³/mol. The van der Waals surface area contributed by atoms with Crippen LogP contribution < -0.4 is 16.2 Å². The van der Waals surface area contributed by atoms with E-state index in [2.05, 4.69) is 46.0 Å². The molecular formula is C43H34N12O25S7. The molecule has 8 rings (SSSR count). The summed E-state index contributed by atoms with van der Waals surface area (Å²) in [5.74, 6) is -4.20. The van der Waals surface area contributed by atoms with E-state index >= 15 is 0 Å². The zero-order chi connectivity index (χ0) is 64.6. The van der Waals surface area contributed by atoms with Crippen molar-refractivity contribution in [3.63, 3.8) is 0 Å². The molecule has 1 heterocycles. The second-order valence-electron chi connectivity index (χ2n) is 17.4. The molecule has 7 aromatic carbocycles. The van der Waals surface area contributed by atoms with Crippen LogP contribution >= 0.6 is 0 Å². The number of fused-ring (bicyclic) bond motifs is 2. The molecule has 0 amide bonds. The Labute approximate surface area is 487 Å². The first-order valence-electron chi connectivity index (χ1n) is 22.5. The first kappa shape index (κ1) is 63.9. The van der Waals surface area contributed by atoms with E-state index in [0.717, 1.165) is 54.3 Å².